The van der Waals surface area contributed by atoms with Crippen molar-refractivity contribution in [2.45, 2.75) is 18.3 Å². The summed E-state index contributed by atoms with van der Waals surface area (Å²) in [5, 5.41) is 3.12. The van der Waals surface area contributed by atoms with Gasteiger partial charge in [-0.2, -0.15) is 11.8 Å². The summed E-state index contributed by atoms with van der Waals surface area (Å²) < 4.78 is 7.57. The van der Waals surface area contributed by atoms with Crippen LogP contribution >= 0.6 is 11.8 Å². The van der Waals surface area contributed by atoms with Gasteiger partial charge in [-0.3, -0.25) is 4.79 Å². The number of para-hydroxylation sites is 2. The molecule has 5 nitrogen and oxygen atoms in total. The molecule has 0 fully saturated rings. The van der Waals surface area contributed by atoms with E-state index in [2.05, 4.69) is 10.3 Å². The molecule has 0 radical (unpaired) electrons. The van der Waals surface area contributed by atoms with Crippen molar-refractivity contribution in [3.05, 3.63) is 90.1 Å². The first-order chi connectivity index (χ1) is 13.8. The van der Waals surface area contributed by atoms with E-state index in [-0.39, 0.29) is 18.5 Å². The van der Waals surface area contributed by atoms with Crippen molar-refractivity contribution in [2.24, 2.45) is 0 Å². The van der Waals surface area contributed by atoms with Crippen molar-refractivity contribution in [1.29, 1.82) is 0 Å². The SMILES string of the molecule is CSCc1nc2ccccc2n1CC(=O)NC(c1ccccc1)c1ccco1. The molecule has 2 heterocycles. The van der Waals surface area contributed by atoms with Gasteiger partial charge in [-0.25, -0.2) is 4.98 Å². The zero-order valence-electron chi connectivity index (χ0n) is 15.5. The minimum absolute atomic E-state index is 0.0873. The number of fused-ring (bicyclic) bond motifs is 1. The summed E-state index contributed by atoms with van der Waals surface area (Å²) in [5.74, 6) is 2.27. The van der Waals surface area contributed by atoms with Crippen LogP contribution < -0.4 is 5.32 Å². The summed E-state index contributed by atoms with van der Waals surface area (Å²) in [4.78, 5) is 17.7. The molecule has 0 aliphatic rings. The maximum Gasteiger partial charge on any atom is 0.240 e. The zero-order valence-corrected chi connectivity index (χ0v) is 16.4. The van der Waals surface area contributed by atoms with Crippen LogP contribution in [0.2, 0.25) is 0 Å². The first-order valence-corrected chi connectivity index (χ1v) is 10.5. The number of amides is 1. The van der Waals surface area contributed by atoms with Crippen molar-refractivity contribution in [2.75, 3.05) is 6.26 Å². The number of nitrogens with one attached hydrogen (secondary N) is 1. The van der Waals surface area contributed by atoms with Crippen molar-refractivity contribution >= 4 is 28.7 Å². The first-order valence-electron chi connectivity index (χ1n) is 9.07. The highest BCUT2D eigenvalue weighted by Gasteiger charge is 2.21. The third-order valence-electron chi connectivity index (χ3n) is 4.57. The molecule has 4 rings (SSSR count). The third-order valence-corrected chi connectivity index (χ3v) is 5.12. The molecule has 1 N–H and O–H groups in total. The van der Waals surface area contributed by atoms with Crippen molar-refractivity contribution in [1.82, 2.24) is 14.9 Å². The average molecular weight is 391 g/mol. The van der Waals surface area contributed by atoms with E-state index in [4.69, 9.17) is 4.42 Å². The van der Waals surface area contributed by atoms with Crippen LogP contribution in [-0.4, -0.2) is 21.7 Å². The number of carbonyl (C=O) groups excluding carboxylic acids is 1. The summed E-state index contributed by atoms with van der Waals surface area (Å²) >= 11 is 1.69. The van der Waals surface area contributed by atoms with Crippen LogP contribution in [-0.2, 0) is 17.1 Å². The Labute approximate surface area is 167 Å². The number of hydrogen-bond donors (Lipinski definition) is 1. The van der Waals surface area contributed by atoms with Crippen LogP contribution in [0.25, 0.3) is 11.0 Å². The number of furan rings is 1. The predicted octanol–water partition coefficient (Wildman–Crippen LogP) is 4.40. The second-order valence-electron chi connectivity index (χ2n) is 6.46. The van der Waals surface area contributed by atoms with E-state index in [1.165, 1.54) is 0 Å². The topological polar surface area (TPSA) is 60.1 Å². The van der Waals surface area contributed by atoms with E-state index in [0.29, 0.717) is 5.76 Å². The largest absolute Gasteiger partial charge is 0.467 e. The molecule has 0 aliphatic heterocycles. The lowest BCUT2D eigenvalue weighted by atomic mass is 10.0. The monoisotopic (exact) mass is 391 g/mol. The Morgan fingerprint density at radius 3 is 2.64 bits per heavy atom. The van der Waals surface area contributed by atoms with E-state index >= 15 is 0 Å². The minimum atomic E-state index is -0.331. The number of rotatable bonds is 7. The summed E-state index contributed by atoms with van der Waals surface area (Å²) in [6.45, 7) is 0.209. The predicted molar refractivity (Wildman–Crippen MR) is 112 cm³/mol. The first kappa shape index (κ1) is 18.4. The Morgan fingerprint density at radius 2 is 1.89 bits per heavy atom. The number of hydrogen-bond acceptors (Lipinski definition) is 4. The number of nitrogens with zero attached hydrogens (tertiary/aromatic N) is 2. The molecule has 2 aromatic carbocycles. The maximum absolute atomic E-state index is 13.0. The molecule has 28 heavy (non-hydrogen) atoms. The molecule has 0 aliphatic carbocycles. The lowest BCUT2D eigenvalue weighted by Crippen LogP contribution is -2.32. The van der Waals surface area contributed by atoms with Crippen LogP contribution in [0.4, 0.5) is 0 Å². The van der Waals surface area contributed by atoms with Gasteiger partial charge in [0.2, 0.25) is 5.91 Å². The van der Waals surface area contributed by atoms with Gasteiger partial charge in [0, 0.05) is 0 Å². The van der Waals surface area contributed by atoms with Gasteiger partial charge in [0.1, 0.15) is 24.2 Å². The van der Waals surface area contributed by atoms with E-state index < -0.39 is 0 Å². The average Bonchev–Trinajstić information content (AvgIpc) is 3.36. The second kappa shape index (κ2) is 8.35. The normalized spacial score (nSPS) is 12.2. The van der Waals surface area contributed by atoms with Gasteiger partial charge in [-0.15, -0.1) is 0 Å². The molecular formula is C22H21N3O2S. The standard InChI is InChI=1S/C22H21N3O2S/c1-28-15-20-23-17-10-5-6-11-18(17)25(20)14-21(26)24-22(19-12-7-13-27-19)16-8-3-2-4-9-16/h2-13,22H,14-15H2,1H3,(H,24,26). The fourth-order valence-corrected chi connectivity index (χ4v) is 3.79. The van der Waals surface area contributed by atoms with Crippen LogP contribution in [0.3, 0.4) is 0 Å². The van der Waals surface area contributed by atoms with E-state index in [0.717, 1.165) is 28.2 Å². The van der Waals surface area contributed by atoms with Crippen LogP contribution in [0.15, 0.2) is 77.4 Å². The molecule has 1 atom stereocenters. The molecule has 0 bridgehead atoms. The highest BCUT2D eigenvalue weighted by molar-refractivity contribution is 7.97. The Morgan fingerprint density at radius 1 is 1.11 bits per heavy atom. The molecule has 0 saturated carbocycles. The highest BCUT2D eigenvalue weighted by Crippen LogP contribution is 2.23. The zero-order chi connectivity index (χ0) is 19.3. The Kier molecular flexibility index (Phi) is 5.48. The summed E-state index contributed by atoms with van der Waals surface area (Å²) in [5.41, 5.74) is 2.85. The molecular weight excluding hydrogens is 370 g/mol. The van der Waals surface area contributed by atoms with Gasteiger partial charge in [0.25, 0.3) is 0 Å². The van der Waals surface area contributed by atoms with E-state index in [9.17, 15) is 4.79 Å². The van der Waals surface area contributed by atoms with Gasteiger partial charge < -0.3 is 14.3 Å². The molecule has 0 spiro atoms. The Bertz CT molecular complexity index is 1060. The smallest absolute Gasteiger partial charge is 0.240 e. The van der Waals surface area contributed by atoms with Gasteiger partial charge in [-0.05, 0) is 36.1 Å². The number of aromatic nitrogens is 2. The lowest BCUT2D eigenvalue weighted by molar-refractivity contribution is -0.122. The Hall–Kier alpha value is -2.99. The van der Waals surface area contributed by atoms with Crippen LogP contribution in [0, 0.1) is 0 Å². The number of thioether (sulfide) groups is 1. The molecule has 0 saturated heterocycles. The van der Waals surface area contributed by atoms with Gasteiger partial charge in [0.15, 0.2) is 0 Å². The lowest BCUT2D eigenvalue weighted by Gasteiger charge is -2.18. The van der Waals surface area contributed by atoms with Gasteiger partial charge >= 0.3 is 0 Å². The summed E-state index contributed by atoms with van der Waals surface area (Å²) in [6, 6.07) is 21.1. The summed E-state index contributed by atoms with van der Waals surface area (Å²) in [6.07, 6.45) is 3.66. The van der Waals surface area contributed by atoms with Crippen molar-refractivity contribution < 1.29 is 9.21 Å². The van der Waals surface area contributed by atoms with Crippen molar-refractivity contribution in [3.8, 4) is 0 Å². The summed E-state index contributed by atoms with van der Waals surface area (Å²) in [7, 11) is 0. The van der Waals surface area contributed by atoms with E-state index in [1.54, 1.807) is 18.0 Å². The second-order valence-corrected chi connectivity index (χ2v) is 7.33. The van der Waals surface area contributed by atoms with Crippen molar-refractivity contribution in [3.63, 3.8) is 0 Å². The Balaban J connectivity index is 1.61. The number of carbonyl (C=O) groups is 1. The molecule has 4 aromatic rings. The number of benzene rings is 2. The van der Waals surface area contributed by atoms with Crippen LogP contribution in [0.5, 0.6) is 0 Å². The number of imidazole rings is 1. The molecule has 142 valence electrons. The van der Waals surface area contributed by atoms with Gasteiger partial charge in [0.05, 0.1) is 23.0 Å². The highest BCUT2D eigenvalue weighted by atomic mass is 32.2. The molecule has 2 aromatic heterocycles. The molecule has 1 amide bonds. The maximum atomic E-state index is 13.0. The van der Waals surface area contributed by atoms with Gasteiger partial charge in [-0.1, -0.05) is 42.5 Å². The minimum Gasteiger partial charge on any atom is -0.467 e. The molecule has 6 heteroatoms. The van der Waals surface area contributed by atoms with Crippen LogP contribution in [0.1, 0.15) is 23.2 Å². The third kappa shape index (κ3) is 3.82. The molecule has 1 unspecified atom stereocenters. The fraction of sp³-hybridized carbons (Fsp3) is 0.182. The van der Waals surface area contributed by atoms with E-state index in [1.807, 2.05) is 77.6 Å². The fourth-order valence-electron chi connectivity index (χ4n) is 3.31. The quantitative estimate of drug-likeness (QED) is 0.507.